The van der Waals surface area contributed by atoms with Gasteiger partial charge in [-0.1, -0.05) is 43.0 Å². The normalized spacial score (nSPS) is 11.4. The molecule has 2 aromatic heterocycles. The van der Waals surface area contributed by atoms with Gasteiger partial charge in [-0.15, -0.1) is 12.7 Å². The fourth-order valence-corrected chi connectivity index (χ4v) is 3.28. The van der Waals surface area contributed by atoms with Crippen LogP contribution in [0.15, 0.2) is 61.2 Å². The fourth-order valence-electron chi connectivity index (χ4n) is 3.28. The van der Waals surface area contributed by atoms with E-state index in [1.54, 1.807) is 30.8 Å². The minimum atomic E-state index is -0.466. The summed E-state index contributed by atoms with van der Waals surface area (Å²) in [5.41, 5.74) is 5.13. The summed E-state index contributed by atoms with van der Waals surface area (Å²) in [4.78, 5) is 17.2. The zero-order valence-electron chi connectivity index (χ0n) is 18.7. The Kier molecular flexibility index (Phi) is 9.40. The van der Waals surface area contributed by atoms with E-state index in [2.05, 4.69) is 16.9 Å². The van der Waals surface area contributed by atoms with Gasteiger partial charge < -0.3 is 10.1 Å². The molecule has 3 rings (SSSR count). The summed E-state index contributed by atoms with van der Waals surface area (Å²) < 4.78 is 6.95. The van der Waals surface area contributed by atoms with Crippen molar-refractivity contribution < 1.29 is 60.9 Å². The van der Waals surface area contributed by atoms with Gasteiger partial charge >= 0.3 is 57.4 Å². The Balaban J connectivity index is 0.00000341. The molecule has 2 heterocycles. The standard InChI is InChI=1S/C24H25N4O2.K/c1-6-9-19(10-7-2)28-23-22(16(4)27-28)20(15-21(26-23)24(29)30-8-3)17-11-13-18(25-5)14-12-17;/h6-7,9-15H,1,8H2,2-5H3;/q-1;+1/b10-7-,19-9+;. The number of nitrogens with zero attached hydrogens (tertiary/aromatic N) is 4. The number of pyridine rings is 1. The van der Waals surface area contributed by atoms with Gasteiger partial charge in [0.2, 0.25) is 0 Å². The molecule has 0 aliphatic carbocycles. The van der Waals surface area contributed by atoms with E-state index in [1.165, 1.54) is 0 Å². The average Bonchev–Trinajstić information content (AvgIpc) is 3.09. The van der Waals surface area contributed by atoms with E-state index in [4.69, 9.17) is 9.84 Å². The van der Waals surface area contributed by atoms with Crippen LogP contribution in [0.2, 0.25) is 0 Å². The van der Waals surface area contributed by atoms with Crippen molar-refractivity contribution in [2.75, 3.05) is 13.7 Å². The summed E-state index contributed by atoms with van der Waals surface area (Å²) in [7, 11) is 1.75. The molecule has 0 aliphatic rings. The second-order valence-electron chi connectivity index (χ2n) is 6.57. The number of rotatable bonds is 7. The van der Waals surface area contributed by atoms with E-state index in [9.17, 15) is 4.79 Å². The molecular formula is C24H25KN4O2. The molecular weight excluding hydrogens is 415 g/mol. The van der Waals surface area contributed by atoms with E-state index in [-0.39, 0.29) is 63.7 Å². The Labute approximate surface area is 225 Å². The molecule has 0 N–H and O–H groups in total. The number of hydrogen-bond acceptors (Lipinski definition) is 4. The number of aromatic nitrogens is 3. The van der Waals surface area contributed by atoms with Crippen LogP contribution in [0, 0.1) is 6.92 Å². The van der Waals surface area contributed by atoms with Crippen molar-refractivity contribution in [3.8, 4) is 11.1 Å². The molecule has 0 saturated carbocycles. The Bertz CT molecular complexity index is 1140. The number of benzene rings is 1. The van der Waals surface area contributed by atoms with E-state index in [1.807, 2.05) is 56.3 Å². The first-order valence-corrected chi connectivity index (χ1v) is 9.77. The van der Waals surface area contributed by atoms with Gasteiger partial charge in [0.1, 0.15) is 0 Å². The molecule has 154 valence electrons. The van der Waals surface area contributed by atoms with E-state index in [0.717, 1.165) is 33.6 Å². The van der Waals surface area contributed by atoms with Crippen molar-refractivity contribution in [3.05, 3.63) is 77.9 Å². The summed E-state index contributed by atoms with van der Waals surface area (Å²) in [6, 6.07) is 9.61. The van der Waals surface area contributed by atoms with Gasteiger partial charge in [-0.25, -0.2) is 14.5 Å². The van der Waals surface area contributed by atoms with Gasteiger partial charge in [0, 0.05) is 0 Å². The Morgan fingerprint density at radius 1 is 1.29 bits per heavy atom. The first-order chi connectivity index (χ1) is 14.5. The molecule has 0 unspecified atom stereocenters. The van der Waals surface area contributed by atoms with Crippen molar-refractivity contribution in [2.24, 2.45) is 0 Å². The smallest absolute Gasteiger partial charge is 0.687 e. The number of ether oxygens (including phenoxy) is 1. The number of hydrogen-bond donors (Lipinski definition) is 0. The summed E-state index contributed by atoms with van der Waals surface area (Å²) in [6.45, 7) is 9.71. The molecule has 1 aromatic carbocycles. The van der Waals surface area contributed by atoms with Crippen LogP contribution in [0.25, 0.3) is 33.2 Å². The minimum Gasteiger partial charge on any atom is -0.687 e. The van der Waals surface area contributed by atoms with Crippen LogP contribution >= 0.6 is 0 Å². The van der Waals surface area contributed by atoms with Crippen LogP contribution in [0.1, 0.15) is 30.0 Å². The maximum atomic E-state index is 12.5. The second kappa shape index (κ2) is 11.5. The van der Waals surface area contributed by atoms with Gasteiger partial charge in [-0.05, 0) is 50.1 Å². The van der Waals surface area contributed by atoms with Crippen molar-refractivity contribution in [1.82, 2.24) is 14.8 Å². The molecule has 0 fully saturated rings. The van der Waals surface area contributed by atoms with Gasteiger partial charge in [-0.3, -0.25) is 0 Å². The molecule has 3 aromatic rings. The number of fused-ring (bicyclic) bond motifs is 1. The van der Waals surface area contributed by atoms with Gasteiger partial charge in [0.15, 0.2) is 11.3 Å². The zero-order valence-corrected chi connectivity index (χ0v) is 21.8. The predicted octanol–water partition coefficient (Wildman–Crippen LogP) is 2.83. The fraction of sp³-hybridized carbons (Fsp3) is 0.208. The van der Waals surface area contributed by atoms with Crippen molar-refractivity contribution in [1.29, 1.82) is 0 Å². The van der Waals surface area contributed by atoms with Gasteiger partial charge in [0.25, 0.3) is 0 Å². The topological polar surface area (TPSA) is 71.1 Å². The van der Waals surface area contributed by atoms with Gasteiger partial charge in [-0.2, -0.15) is 5.10 Å². The molecule has 7 heteroatoms. The third-order valence-corrected chi connectivity index (χ3v) is 4.60. The van der Waals surface area contributed by atoms with Gasteiger partial charge in [0.05, 0.1) is 23.4 Å². The minimum absolute atomic E-state index is 0. The molecule has 0 spiro atoms. The van der Waals surface area contributed by atoms with Crippen LogP contribution in [0.4, 0.5) is 5.69 Å². The summed E-state index contributed by atoms with van der Waals surface area (Å²) in [6.07, 6.45) is 7.38. The van der Waals surface area contributed by atoms with Crippen LogP contribution in [0.5, 0.6) is 0 Å². The summed E-state index contributed by atoms with van der Waals surface area (Å²) in [5, 5.41) is 9.78. The van der Waals surface area contributed by atoms with E-state index < -0.39 is 5.97 Å². The molecule has 0 radical (unpaired) electrons. The molecule has 0 saturated heterocycles. The first kappa shape index (κ1) is 25.2. The van der Waals surface area contributed by atoms with Crippen LogP contribution in [-0.2, 0) is 4.74 Å². The summed E-state index contributed by atoms with van der Waals surface area (Å²) >= 11 is 0. The maximum absolute atomic E-state index is 12.5. The Morgan fingerprint density at radius 2 is 2.00 bits per heavy atom. The van der Waals surface area contributed by atoms with Crippen LogP contribution in [0.3, 0.4) is 0 Å². The van der Waals surface area contributed by atoms with Crippen LogP contribution in [-0.4, -0.2) is 34.4 Å². The van der Waals surface area contributed by atoms with Crippen molar-refractivity contribution in [2.45, 2.75) is 20.8 Å². The largest absolute Gasteiger partial charge is 1.00 e. The maximum Gasteiger partial charge on any atom is 1.00 e. The molecule has 0 atom stereocenters. The Morgan fingerprint density at radius 3 is 2.58 bits per heavy atom. The number of aryl methyl sites for hydroxylation is 1. The molecule has 0 aliphatic heterocycles. The number of esters is 1. The van der Waals surface area contributed by atoms with Crippen molar-refractivity contribution >= 4 is 28.4 Å². The molecule has 31 heavy (non-hydrogen) atoms. The van der Waals surface area contributed by atoms with E-state index >= 15 is 0 Å². The van der Waals surface area contributed by atoms with E-state index in [0.29, 0.717) is 5.65 Å². The SMILES string of the molecule is C=C/C=C(\C=C/C)n1nc(C)c2c(-c3ccc([N-]C)cc3)cc(C(=O)OCC)nc21.[K+]. The number of allylic oxidation sites excluding steroid dienone is 5. The molecule has 6 nitrogen and oxygen atoms in total. The number of carbonyl (C=O) groups excluding carboxylic acids is 1. The third-order valence-electron chi connectivity index (χ3n) is 4.60. The average molecular weight is 441 g/mol. The second-order valence-corrected chi connectivity index (χ2v) is 6.57. The Hall–Kier alpha value is -2.03. The zero-order chi connectivity index (χ0) is 21.7. The monoisotopic (exact) mass is 440 g/mol. The van der Waals surface area contributed by atoms with Crippen LogP contribution < -0.4 is 51.4 Å². The molecule has 0 amide bonds. The quantitative estimate of drug-likeness (QED) is 0.322. The predicted molar refractivity (Wildman–Crippen MR) is 122 cm³/mol. The van der Waals surface area contributed by atoms with Crippen molar-refractivity contribution in [3.63, 3.8) is 0 Å². The third kappa shape index (κ3) is 5.42. The summed E-state index contributed by atoms with van der Waals surface area (Å²) in [5.74, 6) is -0.466. The first-order valence-electron chi connectivity index (χ1n) is 9.77. The number of carbonyl (C=O) groups is 1. The molecule has 0 bridgehead atoms.